The number of thiophene rings is 1. The predicted octanol–water partition coefficient (Wildman–Crippen LogP) is 2.95. The highest BCUT2D eigenvalue weighted by atomic mass is 32.1. The van der Waals surface area contributed by atoms with Crippen LogP contribution >= 0.6 is 11.3 Å². The molecule has 7 heteroatoms. The van der Waals surface area contributed by atoms with Crippen LogP contribution in [0.1, 0.15) is 31.9 Å². The summed E-state index contributed by atoms with van der Waals surface area (Å²) >= 11 is 1.46. The second kappa shape index (κ2) is 7.52. The quantitative estimate of drug-likeness (QED) is 0.778. The van der Waals surface area contributed by atoms with Crippen molar-refractivity contribution in [3.05, 3.63) is 58.3 Å². The van der Waals surface area contributed by atoms with Gasteiger partial charge in [0.2, 0.25) is 5.91 Å². The van der Waals surface area contributed by atoms with Crippen LogP contribution in [0.4, 0.5) is 4.79 Å². The summed E-state index contributed by atoms with van der Waals surface area (Å²) in [6.07, 6.45) is 0. The zero-order valence-corrected chi connectivity index (χ0v) is 16.5. The van der Waals surface area contributed by atoms with Crippen molar-refractivity contribution < 1.29 is 14.4 Å². The minimum atomic E-state index is -1.13. The molecule has 1 aromatic heterocycles. The van der Waals surface area contributed by atoms with E-state index in [0.717, 1.165) is 16.0 Å². The van der Waals surface area contributed by atoms with Gasteiger partial charge in [0.15, 0.2) is 0 Å². The summed E-state index contributed by atoms with van der Waals surface area (Å²) in [5.74, 6) is -0.658. The molecule has 1 fully saturated rings. The molecule has 0 aliphatic carbocycles. The van der Waals surface area contributed by atoms with Gasteiger partial charge in [0, 0.05) is 12.6 Å². The minimum Gasteiger partial charge on any atom is -0.334 e. The second-order valence-electron chi connectivity index (χ2n) is 7.06. The maximum atomic E-state index is 12.9. The Morgan fingerprint density at radius 3 is 2.52 bits per heavy atom. The molecule has 0 saturated carbocycles. The topological polar surface area (TPSA) is 69.7 Å². The summed E-state index contributed by atoms with van der Waals surface area (Å²) in [5, 5.41) is 6.42. The molecule has 1 saturated heterocycles. The Labute approximate surface area is 162 Å². The molecular formula is C20H23N3O3S. The second-order valence-corrected chi connectivity index (χ2v) is 7.84. The molecule has 27 heavy (non-hydrogen) atoms. The van der Waals surface area contributed by atoms with Crippen LogP contribution in [-0.2, 0) is 21.7 Å². The molecule has 1 atom stereocenters. The monoisotopic (exact) mass is 385 g/mol. The summed E-state index contributed by atoms with van der Waals surface area (Å²) in [6, 6.07) is 10.9. The number of carbonyl (C=O) groups excluding carboxylic acids is 3. The highest BCUT2D eigenvalue weighted by Crippen LogP contribution is 2.30. The SMILES string of the molecule is CC(C)N(Cc1ccccc1)C(=O)CN1C(=O)NC(C)(c2ccsc2)C1=O. The van der Waals surface area contributed by atoms with Crippen LogP contribution < -0.4 is 5.32 Å². The molecule has 4 amide bonds. The fraction of sp³-hybridized carbons (Fsp3) is 0.350. The van der Waals surface area contributed by atoms with E-state index >= 15 is 0 Å². The standard InChI is InChI=1S/C20H23N3O3S/c1-14(2)22(11-15-7-5-4-6-8-15)17(24)12-23-18(25)20(3,21-19(23)26)16-9-10-27-13-16/h4-10,13-14H,11-12H2,1-3H3,(H,21,26). The zero-order chi connectivity index (χ0) is 19.6. The van der Waals surface area contributed by atoms with Crippen molar-refractivity contribution in [3.8, 4) is 0 Å². The van der Waals surface area contributed by atoms with Crippen molar-refractivity contribution in [3.63, 3.8) is 0 Å². The van der Waals surface area contributed by atoms with Crippen molar-refractivity contribution in [1.29, 1.82) is 0 Å². The molecule has 1 aliphatic heterocycles. The molecule has 2 heterocycles. The highest BCUT2D eigenvalue weighted by molar-refractivity contribution is 7.08. The molecule has 0 spiro atoms. The van der Waals surface area contributed by atoms with E-state index in [2.05, 4.69) is 5.32 Å². The number of hydrogen-bond donors (Lipinski definition) is 1. The Morgan fingerprint density at radius 2 is 1.93 bits per heavy atom. The van der Waals surface area contributed by atoms with E-state index in [1.807, 2.05) is 61.0 Å². The van der Waals surface area contributed by atoms with Gasteiger partial charge in [0.05, 0.1) is 0 Å². The number of carbonyl (C=O) groups is 3. The fourth-order valence-electron chi connectivity index (χ4n) is 3.15. The Morgan fingerprint density at radius 1 is 1.22 bits per heavy atom. The largest absolute Gasteiger partial charge is 0.334 e. The molecule has 2 aromatic rings. The van der Waals surface area contributed by atoms with Crippen LogP contribution in [0, 0.1) is 0 Å². The number of amides is 4. The molecule has 1 unspecified atom stereocenters. The molecule has 1 aromatic carbocycles. The van der Waals surface area contributed by atoms with Crippen molar-refractivity contribution in [1.82, 2.24) is 15.1 Å². The Kier molecular flexibility index (Phi) is 5.32. The van der Waals surface area contributed by atoms with Gasteiger partial charge in [-0.05, 0) is 48.7 Å². The van der Waals surface area contributed by atoms with Crippen molar-refractivity contribution in [2.24, 2.45) is 0 Å². The Bertz CT molecular complexity index is 835. The maximum Gasteiger partial charge on any atom is 0.325 e. The van der Waals surface area contributed by atoms with Gasteiger partial charge >= 0.3 is 6.03 Å². The van der Waals surface area contributed by atoms with Crippen LogP contribution in [0.15, 0.2) is 47.2 Å². The maximum absolute atomic E-state index is 12.9. The molecule has 3 rings (SSSR count). The van der Waals surface area contributed by atoms with E-state index in [4.69, 9.17) is 0 Å². The first-order valence-corrected chi connectivity index (χ1v) is 9.77. The fourth-order valence-corrected chi connectivity index (χ4v) is 3.91. The average molecular weight is 385 g/mol. The number of nitrogens with zero attached hydrogens (tertiary/aromatic N) is 2. The third-order valence-corrected chi connectivity index (χ3v) is 5.49. The summed E-state index contributed by atoms with van der Waals surface area (Å²) in [7, 11) is 0. The number of benzene rings is 1. The number of nitrogens with one attached hydrogen (secondary N) is 1. The van der Waals surface area contributed by atoms with E-state index in [-0.39, 0.29) is 18.5 Å². The minimum absolute atomic E-state index is 0.0540. The molecular weight excluding hydrogens is 362 g/mol. The van der Waals surface area contributed by atoms with Crippen LogP contribution in [0.25, 0.3) is 0 Å². The Balaban J connectivity index is 1.76. The van der Waals surface area contributed by atoms with Crippen LogP contribution in [0.3, 0.4) is 0 Å². The van der Waals surface area contributed by atoms with Crippen molar-refractivity contribution in [2.45, 2.75) is 38.9 Å². The Hall–Kier alpha value is -2.67. The highest BCUT2D eigenvalue weighted by Gasteiger charge is 2.50. The van der Waals surface area contributed by atoms with Gasteiger partial charge in [0.1, 0.15) is 12.1 Å². The molecule has 1 N–H and O–H groups in total. The van der Waals surface area contributed by atoms with Crippen molar-refractivity contribution in [2.75, 3.05) is 6.54 Å². The molecule has 0 bridgehead atoms. The van der Waals surface area contributed by atoms with Gasteiger partial charge in [-0.2, -0.15) is 11.3 Å². The van der Waals surface area contributed by atoms with Gasteiger partial charge < -0.3 is 10.2 Å². The first-order chi connectivity index (χ1) is 12.8. The molecule has 6 nitrogen and oxygen atoms in total. The molecule has 0 radical (unpaired) electrons. The van der Waals surface area contributed by atoms with E-state index in [9.17, 15) is 14.4 Å². The summed E-state index contributed by atoms with van der Waals surface area (Å²) in [6.45, 7) is 5.67. The first kappa shape index (κ1) is 19.1. The van der Waals surface area contributed by atoms with Gasteiger partial charge in [-0.1, -0.05) is 30.3 Å². The van der Waals surface area contributed by atoms with Crippen LogP contribution in [0.5, 0.6) is 0 Å². The average Bonchev–Trinajstić information content (AvgIpc) is 3.25. The lowest BCUT2D eigenvalue weighted by molar-refractivity contribution is -0.140. The lowest BCUT2D eigenvalue weighted by atomic mass is 9.95. The normalized spacial score (nSPS) is 19.5. The first-order valence-electron chi connectivity index (χ1n) is 8.83. The van der Waals surface area contributed by atoms with Gasteiger partial charge in [-0.15, -0.1) is 0 Å². The van der Waals surface area contributed by atoms with E-state index < -0.39 is 17.5 Å². The van der Waals surface area contributed by atoms with E-state index in [1.165, 1.54) is 11.3 Å². The third-order valence-electron chi connectivity index (χ3n) is 4.81. The van der Waals surface area contributed by atoms with Gasteiger partial charge in [0.25, 0.3) is 5.91 Å². The van der Waals surface area contributed by atoms with E-state index in [0.29, 0.717) is 6.54 Å². The summed E-state index contributed by atoms with van der Waals surface area (Å²) < 4.78 is 0. The number of imide groups is 1. The molecule has 1 aliphatic rings. The van der Waals surface area contributed by atoms with E-state index in [1.54, 1.807) is 11.8 Å². The zero-order valence-electron chi connectivity index (χ0n) is 15.6. The summed E-state index contributed by atoms with van der Waals surface area (Å²) in [5.41, 5.74) is 0.602. The summed E-state index contributed by atoms with van der Waals surface area (Å²) in [4.78, 5) is 40.9. The number of rotatable bonds is 6. The van der Waals surface area contributed by atoms with Crippen molar-refractivity contribution >= 4 is 29.2 Å². The van der Waals surface area contributed by atoms with Crippen LogP contribution in [-0.4, -0.2) is 40.2 Å². The smallest absolute Gasteiger partial charge is 0.325 e. The number of hydrogen-bond acceptors (Lipinski definition) is 4. The number of urea groups is 1. The van der Waals surface area contributed by atoms with Gasteiger partial charge in [-0.25, -0.2) is 4.79 Å². The lowest BCUT2D eigenvalue weighted by Crippen LogP contribution is -2.46. The molecule has 142 valence electrons. The van der Waals surface area contributed by atoms with Gasteiger partial charge in [-0.3, -0.25) is 14.5 Å². The van der Waals surface area contributed by atoms with Crippen LogP contribution in [0.2, 0.25) is 0 Å². The predicted molar refractivity (Wildman–Crippen MR) is 104 cm³/mol. The third kappa shape index (κ3) is 3.73. The lowest BCUT2D eigenvalue weighted by Gasteiger charge is -2.28.